The van der Waals surface area contributed by atoms with Crippen LogP contribution in [0.25, 0.3) is 0 Å². The number of para-hydroxylation sites is 1. The van der Waals surface area contributed by atoms with E-state index in [4.69, 9.17) is 0 Å². The normalized spacial score (nSPS) is 22.9. The fourth-order valence-corrected chi connectivity index (χ4v) is 4.59. The van der Waals surface area contributed by atoms with Gasteiger partial charge in [-0.25, -0.2) is 0 Å². The number of nitriles is 1. The van der Waals surface area contributed by atoms with Crippen molar-refractivity contribution in [3.05, 3.63) is 55.9 Å². The Bertz CT molecular complexity index is 1140. The summed E-state index contributed by atoms with van der Waals surface area (Å²) in [6.45, 7) is 2.81. The third-order valence-electron chi connectivity index (χ3n) is 6.09. The standard InChI is InChI=1S/C21H22N6O4/c1-2-12-7-5-6-10-26(12)21-24-18-17(20(29)25-21)16(14(11-22)19(28)23-18)13-8-3-4-9-15(13)27(30)31/h3-4,8-9,12,14,16H,2,5-7,10H2,1H3,(H2,23,24,25,28,29). The molecule has 0 radical (unpaired) electrons. The van der Waals surface area contributed by atoms with E-state index in [1.165, 1.54) is 18.2 Å². The molecule has 1 amide bonds. The van der Waals surface area contributed by atoms with Gasteiger partial charge in [0.15, 0.2) is 0 Å². The number of H-pyrrole nitrogens is 1. The molecule has 3 unspecified atom stereocenters. The summed E-state index contributed by atoms with van der Waals surface area (Å²) in [5.74, 6) is -2.59. The summed E-state index contributed by atoms with van der Waals surface area (Å²) in [7, 11) is 0. The second-order valence-corrected chi connectivity index (χ2v) is 7.79. The van der Waals surface area contributed by atoms with E-state index in [9.17, 15) is 25.0 Å². The number of piperidine rings is 1. The number of hydrogen-bond donors (Lipinski definition) is 2. The zero-order chi connectivity index (χ0) is 22.1. The van der Waals surface area contributed by atoms with E-state index in [0.29, 0.717) is 5.95 Å². The number of benzene rings is 1. The van der Waals surface area contributed by atoms with E-state index in [1.54, 1.807) is 6.07 Å². The average molecular weight is 422 g/mol. The molecule has 10 nitrogen and oxygen atoms in total. The number of anilines is 2. The predicted molar refractivity (Wildman–Crippen MR) is 113 cm³/mol. The Hall–Kier alpha value is -3.74. The molecular formula is C21H22N6O4. The van der Waals surface area contributed by atoms with E-state index >= 15 is 0 Å². The Balaban J connectivity index is 1.89. The Morgan fingerprint density at radius 2 is 2.10 bits per heavy atom. The number of aromatic amines is 1. The van der Waals surface area contributed by atoms with Crippen molar-refractivity contribution in [2.24, 2.45) is 5.92 Å². The van der Waals surface area contributed by atoms with Crippen LogP contribution in [0.5, 0.6) is 0 Å². The molecule has 2 N–H and O–H groups in total. The number of carbonyl (C=O) groups excluding carboxylic acids is 1. The number of nitrogens with one attached hydrogen (secondary N) is 2. The number of carbonyl (C=O) groups is 1. The van der Waals surface area contributed by atoms with Crippen LogP contribution in [0.3, 0.4) is 0 Å². The molecule has 4 rings (SSSR count). The fourth-order valence-electron chi connectivity index (χ4n) is 4.59. The molecule has 31 heavy (non-hydrogen) atoms. The van der Waals surface area contributed by atoms with Crippen molar-refractivity contribution in [1.29, 1.82) is 5.26 Å². The van der Waals surface area contributed by atoms with Gasteiger partial charge in [-0.15, -0.1) is 0 Å². The van der Waals surface area contributed by atoms with Gasteiger partial charge in [-0.2, -0.15) is 10.2 Å². The van der Waals surface area contributed by atoms with Crippen molar-refractivity contribution >= 4 is 23.4 Å². The number of nitro groups is 1. The van der Waals surface area contributed by atoms with Crippen LogP contribution in [-0.4, -0.2) is 33.4 Å². The zero-order valence-electron chi connectivity index (χ0n) is 17.0. The monoisotopic (exact) mass is 422 g/mol. The molecule has 0 aliphatic carbocycles. The van der Waals surface area contributed by atoms with Gasteiger partial charge in [-0.1, -0.05) is 25.1 Å². The Kier molecular flexibility index (Phi) is 5.42. The van der Waals surface area contributed by atoms with Gasteiger partial charge in [0.1, 0.15) is 11.7 Å². The minimum absolute atomic E-state index is 0.0545. The van der Waals surface area contributed by atoms with E-state index in [2.05, 4.69) is 22.2 Å². The molecule has 1 aromatic carbocycles. The van der Waals surface area contributed by atoms with Crippen LogP contribution in [-0.2, 0) is 4.79 Å². The first-order chi connectivity index (χ1) is 15.0. The van der Waals surface area contributed by atoms with Gasteiger partial charge in [0.2, 0.25) is 11.9 Å². The smallest absolute Gasteiger partial charge is 0.273 e. The maximum absolute atomic E-state index is 13.2. The van der Waals surface area contributed by atoms with E-state index in [1.807, 2.05) is 11.0 Å². The minimum Gasteiger partial charge on any atom is -0.339 e. The molecule has 160 valence electrons. The molecule has 1 fully saturated rings. The highest BCUT2D eigenvalue weighted by Gasteiger charge is 2.43. The molecule has 3 atom stereocenters. The highest BCUT2D eigenvalue weighted by Crippen LogP contribution is 2.41. The summed E-state index contributed by atoms with van der Waals surface area (Å²) >= 11 is 0. The lowest BCUT2D eigenvalue weighted by atomic mass is 9.78. The third kappa shape index (κ3) is 3.52. The summed E-state index contributed by atoms with van der Waals surface area (Å²) in [4.78, 5) is 46.3. The van der Waals surface area contributed by atoms with Crippen molar-refractivity contribution < 1.29 is 9.72 Å². The number of fused-ring (bicyclic) bond motifs is 1. The van der Waals surface area contributed by atoms with Gasteiger partial charge in [-0.05, 0) is 25.7 Å². The van der Waals surface area contributed by atoms with Crippen LogP contribution < -0.4 is 15.8 Å². The van der Waals surface area contributed by atoms with Crippen molar-refractivity contribution in [3.63, 3.8) is 0 Å². The predicted octanol–water partition coefficient (Wildman–Crippen LogP) is 2.67. The van der Waals surface area contributed by atoms with Gasteiger partial charge in [0, 0.05) is 30.1 Å². The first kappa shape index (κ1) is 20.5. The quantitative estimate of drug-likeness (QED) is 0.569. The molecule has 2 aliphatic heterocycles. The molecule has 3 heterocycles. The van der Waals surface area contributed by atoms with Crippen LogP contribution in [0, 0.1) is 27.4 Å². The molecule has 1 saturated heterocycles. The lowest BCUT2D eigenvalue weighted by Crippen LogP contribution is -2.43. The number of amides is 1. The molecular weight excluding hydrogens is 400 g/mol. The first-order valence-electron chi connectivity index (χ1n) is 10.3. The molecule has 0 spiro atoms. The van der Waals surface area contributed by atoms with Crippen LogP contribution in [0.15, 0.2) is 29.1 Å². The van der Waals surface area contributed by atoms with Gasteiger partial charge in [0.05, 0.1) is 16.6 Å². The lowest BCUT2D eigenvalue weighted by Gasteiger charge is -2.36. The molecule has 0 bridgehead atoms. The zero-order valence-corrected chi connectivity index (χ0v) is 17.0. The maximum atomic E-state index is 13.2. The second kappa shape index (κ2) is 8.18. The van der Waals surface area contributed by atoms with Gasteiger partial charge in [0.25, 0.3) is 11.2 Å². The number of hydrogen-bond acceptors (Lipinski definition) is 7. The molecule has 2 aliphatic rings. The third-order valence-corrected chi connectivity index (χ3v) is 6.09. The van der Waals surface area contributed by atoms with E-state index in [0.717, 1.165) is 32.2 Å². The van der Waals surface area contributed by atoms with Crippen LogP contribution in [0.4, 0.5) is 17.5 Å². The number of aromatic nitrogens is 2. The largest absolute Gasteiger partial charge is 0.339 e. The summed E-state index contributed by atoms with van der Waals surface area (Å²) in [5.41, 5.74) is -0.559. The molecule has 0 saturated carbocycles. The maximum Gasteiger partial charge on any atom is 0.273 e. The lowest BCUT2D eigenvalue weighted by molar-refractivity contribution is -0.385. The van der Waals surface area contributed by atoms with E-state index in [-0.39, 0.29) is 28.7 Å². The van der Waals surface area contributed by atoms with E-state index < -0.39 is 28.2 Å². The van der Waals surface area contributed by atoms with Gasteiger partial charge >= 0.3 is 0 Å². The summed E-state index contributed by atoms with van der Waals surface area (Å²) in [6, 6.07) is 7.99. The molecule has 2 aromatic rings. The highest BCUT2D eigenvalue weighted by atomic mass is 16.6. The molecule has 10 heteroatoms. The van der Waals surface area contributed by atoms with Crippen LogP contribution >= 0.6 is 0 Å². The highest BCUT2D eigenvalue weighted by molar-refractivity contribution is 5.98. The van der Waals surface area contributed by atoms with Gasteiger partial charge < -0.3 is 10.2 Å². The number of rotatable bonds is 4. The number of nitrogens with zero attached hydrogens (tertiary/aromatic N) is 4. The summed E-state index contributed by atoms with van der Waals surface area (Å²) in [6.07, 6.45) is 3.95. The average Bonchev–Trinajstić information content (AvgIpc) is 2.77. The van der Waals surface area contributed by atoms with Crippen molar-refractivity contribution in [3.8, 4) is 6.07 Å². The summed E-state index contributed by atoms with van der Waals surface area (Å²) < 4.78 is 0. The molecule has 1 aromatic heterocycles. The van der Waals surface area contributed by atoms with Crippen LogP contribution in [0.2, 0.25) is 0 Å². The Morgan fingerprint density at radius 1 is 1.32 bits per heavy atom. The number of nitro benzene ring substituents is 1. The van der Waals surface area contributed by atoms with Crippen molar-refractivity contribution in [2.45, 2.75) is 44.6 Å². The van der Waals surface area contributed by atoms with Crippen LogP contribution in [0.1, 0.15) is 49.7 Å². The van der Waals surface area contributed by atoms with Crippen molar-refractivity contribution in [1.82, 2.24) is 9.97 Å². The Morgan fingerprint density at radius 3 is 2.81 bits per heavy atom. The van der Waals surface area contributed by atoms with Crippen molar-refractivity contribution in [2.75, 3.05) is 16.8 Å². The summed E-state index contributed by atoms with van der Waals surface area (Å²) in [5, 5.41) is 23.8. The fraction of sp³-hybridized carbons (Fsp3) is 0.429. The first-order valence-corrected chi connectivity index (χ1v) is 10.3. The second-order valence-electron chi connectivity index (χ2n) is 7.79. The minimum atomic E-state index is -1.29. The topological polar surface area (TPSA) is 145 Å². The van der Waals surface area contributed by atoms with Gasteiger partial charge in [-0.3, -0.25) is 24.7 Å². The Labute approximate surface area is 178 Å². The SMILES string of the molecule is CCC1CCCCN1c1nc2c(c(=O)[nH]1)C(c1ccccc1[N+](=O)[O-])C(C#N)C(=O)N2.